The second-order valence-electron chi connectivity index (χ2n) is 9.88. The second-order valence-corrected chi connectivity index (χ2v) is 9.88. The van der Waals surface area contributed by atoms with E-state index in [1.165, 1.54) is 54.9 Å². The number of hydrogen-bond donors (Lipinski definition) is 2. The van der Waals surface area contributed by atoms with Crippen molar-refractivity contribution in [2.75, 3.05) is 13.2 Å². The molecule has 4 bridgehead atoms. The molecule has 4 saturated carbocycles. The highest BCUT2D eigenvalue weighted by Gasteiger charge is 2.46. The topological polar surface area (TPSA) is 66.8 Å². The summed E-state index contributed by atoms with van der Waals surface area (Å²) in [5.41, 5.74) is 6.28. The molecule has 0 aliphatic heterocycles. The van der Waals surface area contributed by atoms with E-state index >= 15 is 0 Å². The first-order valence-corrected chi connectivity index (χ1v) is 12.2. The van der Waals surface area contributed by atoms with E-state index in [0.29, 0.717) is 24.0 Å². The Bertz CT molecular complexity index is 1020. The van der Waals surface area contributed by atoms with Crippen LogP contribution >= 0.6 is 0 Å². The number of hydrogen-bond acceptors (Lipinski definition) is 4. The quantitative estimate of drug-likeness (QED) is 0.332. The molecule has 33 heavy (non-hydrogen) atoms. The Labute approximate surface area is 195 Å². The summed E-state index contributed by atoms with van der Waals surface area (Å²) in [6.07, 6.45) is 10.4. The minimum Gasteiger partial charge on any atom is -0.508 e. The minimum atomic E-state index is -0.395. The zero-order chi connectivity index (χ0) is 22.8. The largest absolute Gasteiger partial charge is 0.508 e. The number of carbonyl (C=O) groups excluding carboxylic acids is 1. The Morgan fingerprint density at radius 1 is 0.879 bits per heavy atom. The van der Waals surface area contributed by atoms with Crippen LogP contribution in [0.3, 0.4) is 0 Å². The summed E-state index contributed by atoms with van der Waals surface area (Å²) in [7, 11) is 0. The maximum atomic E-state index is 11.8. The first-order chi connectivity index (χ1) is 16.1. The first kappa shape index (κ1) is 22.0. The number of esters is 1. The number of aliphatic hydroxyl groups excluding tert-OH is 1. The van der Waals surface area contributed by atoms with Gasteiger partial charge < -0.3 is 14.9 Å². The molecule has 0 amide bonds. The summed E-state index contributed by atoms with van der Waals surface area (Å²) in [6.45, 7) is 0.243. The van der Waals surface area contributed by atoms with Crippen LogP contribution < -0.4 is 0 Å². The predicted octanol–water partition coefficient (Wildman–Crippen LogP) is 5.59. The number of aromatic hydroxyl groups is 1. The molecule has 2 N–H and O–H groups in total. The van der Waals surface area contributed by atoms with Crippen LogP contribution in [0.1, 0.15) is 55.2 Å². The number of allylic oxidation sites excluding steroid dienone is 1. The average molecular weight is 445 g/mol. The molecule has 0 heterocycles. The van der Waals surface area contributed by atoms with E-state index in [-0.39, 0.29) is 13.2 Å². The lowest BCUT2D eigenvalue weighted by molar-refractivity contribution is -0.137. The molecule has 0 spiro atoms. The van der Waals surface area contributed by atoms with Gasteiger partial charge in [0.15, 0.2) is 0 Å². The number of benzene rings is 2. The molecule has 4 heteroatoms. The Balaban J connectivity index is 1.44. The molecule has 4 aliphatic carbocycles. The monoisotopic (exact) mass is 444 g/mol. The summed E-state index contributed by atoms with van der Waals surface area (Å²) < 4.78 is 5.05. The fourth-order valence-corrected chi connectivity index (χ4v) is 6.44. The number of aliphatic hydroxyl groups is 1. The molecule has 2 aromatic carbocycles. The number of carbonyl (C=O) groups is 1. The number of ether oxygens (including phenoxy) is 1. The van der Waals surface area contributed by atoms with Gasteiger partial charge in [-0.25, -0.2) is 4.79 Å². The summed E-state index contributed by atoms with van der Waals surface area (Å²) in [5, 5.41) is 18.6. The minimum absolute atomic E-state index is 0.0142. The van der Waals surface area contributed by atoms with Gasteiger partial charge in [-0.2, -0.15) is 0 Å². The molecular formula is C29H32O4. The zero-order valence-corrected chi connectivity index (χ0v) is 19.0. The Morgan fingerprint density at radius 2 is 1.45 bits per heavy atom. The molecule has 172 valence electrons. The van der Waals surface area contributed by atoms with Crippen LogP contribution in [0.4, 0.5) is 0 Å². The van der Waals surface area contributed by atoms with Gasteiger partial charge >= 0.3 is 5.97 Å². The van der Waals surface area contributed by atoms with Gasteiger partial charge in [0.05, 0.1) is 6.61 Å². The molecule has 4 aliphatic rings. The van der Waals surface area contributed by atoms with Gasteiger partial charge in [-0.15, -0.1) is 0 Å². The summed E-state index contributed by atoms with van der Waals surface area (Å²) in [5.74, 6) is 3.06. The van der Waals surface area contributed by atoms with Crippen LogP contribution in [0, 0.1) is 23.7 Å². The zero-order valence-electron chi connectivity index (χ0n) is 19.0. The highest BCUT2D eigenvalue weighted by atomic mass is 16.5. The van der Waals surface area contributed by atoms with Crippen LogP contribution in [-0.4, -0.2) is 29.4 Å². The third kappa shape index (κ3) is 4.77. The number of rotatable bonds is 7. The molecule has 0 atom stereocenters. The highest BCUT2D eigenvalue weighted by molar-refractivity contribution is 5.87. The SMILES string of the molecule is O=C(/C=C/c1ccc(C(=C2C3CC4CC(C3)CC2C4)c2ccc(O)cc2)cc1)OCCCO. The van der Waals surface area contributed by atoms with Crippen LogP contribution in [0.15, 0.2) is 60.2 Å². The predicted molar refractivity (Wildman–Crippen MR) is 129 cm³/mol. The normalized spacial score (nSPS) is 25.5. The Kier molecular flexibility index (Phi) is 6.37. The van der Waals surface area contributed by atoms with E-state index < -0.39 is 5.97 Å². The summed E-state index contributed by atoms with van der Waals surface area (Å²) >= 11 is 0. The van der Waals surface area contributed by atoms with E-state index in [4.69, 9.17) is 9.84 Å². The van der Waals surface area contributed by atoms with Crippen molar-refractivity contribution in [3.05, 3.63) is 76.9 Å². The first-order valence-electron chi connectivity index (χ1n) is 12.2. The van der Waals surface area contributed by atoms with E-state index in [1.54, 1.807) is 23.8 Å². The van der Waals surface area contributed by atoms with Crippen molar-refractivity contribution in [1.82, 2.24) is 0 Å². The molecule has 0 saturated heterocycles. The van der Waals surface area contributed by atoms with Crippen molar-refractivity contribution in [3.63, 3.8) is 0 Å². The lowest BCUT2D eigenvalue weighted by Crippen LogP contribution is -2.40. The Morgan fingerprint density at radius 3 is 2.03 bits per heavy atom. The number of phenols is 1. The molecule has 0 aromatic heterocycles. The lowest BCUT2D eigenvalue weighted by Gasteiger charge is -2.52. The van der Waals surface area contributed by atoms with Crippen molar-refractivity contribution in [2.24, 2.45) is 23.7 Å². The van der Waals surface area contributed by atoms with Crippen LogP contribution in [-0.2, 0) is 9.53 Å². The van der Waals surface area contributed by atoms with Crippen LogP contribution in [0.5, 0.6) is 5.75 Å². The van der Waals surface area contributed by atoms with Crippen LogP contribution in [0.25, 0.3) is 11.6 Å². The standard InChI is InChI=1S/C29H32O4/c30-12-1-13-33-27(32)11-4-19-2-5-22(6-3-19)28(23-7-9-26(31)10-8-23)29-24-15-20-14-21(17-24)18-25(29)16-20/h2-11,20-21,24-25,30-31H,1,12-18H2/b11-4+,29-28?. The van der Waals surface area contributed by atoms with E-state index in [0.717, 1.165) is 17.4 Å². The molecule has 0 unspecified atom stereocenters. The fraction of sp³-hybridized carbons (Fsp3) is 0.414. The van der Waals surface area contributed by atoms with E-state index in [2.05, 4.69) is 12.1 Å². The van der Waals surface area contributed by atoms with Crippen molar-refractivity contribution < 1.29 is 19.7 Å². The van der Waals surface area contributed by atoms with Crippen molar-refractivity contribution in [2.45, 2.75) is 38.5 Å². The lowest BCUT2D eigenvalue weighted by atomic mass is 9.53. The van der Waals surface area contributed by atoms with Gasteiger partial charge in [-0.3, -0.25) is 0 Å². The second kappa shape index (κ2) is 9.56. The van der Waals surface area contributed by atoms with E-state index in [9.17, 15) is 9.90 Å². The van der Waals surface area contributed by atoms with Gasteiger partial charge in [0.25, 0.3) is 0 Å². The Hall–Kier alpha value is -2.85. The maximum absolute atomic E-state index is 11.8. The molecule has 4 fully saturated rings. The van der Waals surface area contributed by atoms with Crippen molar-refractivity contribution in [3.8, 4) is 5.75 Å². The van der Waals surface area contributed by atoms with Gasteiger partial charge in [0.1, 0.15) is 5.75 Å². The fourth-order valence-electron chi connectivity index (χ4n) is 6.44. The average Bonchev–Trinajstić information content (AvgIpc) is 2.81. The number of phenolic OH excluding ortho intramolecular Hbond substituents is 1. The summed E-state index contributed by atoms with van der Waals surface area (Å²) in [6, 6.07) is 16.0. The maximum Gasteiger partial charge on any atom is 0.330 e. The molecule has 4 nitrogen and oxygen atoms in total. The third-order valence-electron chi connectivity index (χ3n) is 7.62. The van der Waals surface area contributed by atoms with Crippen molar-refractivity contribution >= 4 is 17.6 Å². The van der Waals surface area contributed by atoms with Gasteiger partial charge in [0.2, 0.25) is 0 Å². The molecule has 0 radical (unpaired) electrons. The third-order valence-corrected chi connectivity index (χ3v) is 7.62. The van der Waals surface area contributed by atoms with Crippen LogP contribution in [0.2, 0.25) is 0 Å². The summed E-state index contributed by atoms with van der Waals surface area (Å²) in [4.78, 5) is 11.8. The molecule has 6 rings (SSSR count). The van der Waals surface area contributed by atoms with Gasteiger partial charge in [0, 0.05) is 19.1 Å². The van der Waals surface area contributed by atoms with Gasteiger partial charge in [-0.1, -0.05) is 42.0 Å². The van der Waals surface area contributed by atoms with E-state index in [1.807, 2.05) is 24.3 Å². The molecular weight excluding hydrogens is 412 g/mol. The van der Waals surface area contributed by atoms with Crippen molar-refractivity contribution in [1.29, 1.82) is 0 Å². The smallest absolute Gasteiger partial charge is 0.330 e. The molecule has 2 aromatic rings. The highest BCUT2D eigenvalue weighted by Crippen LogP contribution is 2.58. The van der Waals surface area contributed by atoms with Gasteiger partial charge in [-0.05, 0) is 96.2 Å².